The van der Waals surface area contributed by atoms with E-state index in [0.29, 0.717) is 35.6 Å². The number of aryl methyl sites for hydroxylation is 1. The average Bonchev–Trinajstić information content (AvgIpc) is 3.76. The zero-order chi connectivity index (χ0) is 30.2. The molecule has 1 amide bonds. The van der Waals surface area contributed by atoms with Crippen LogP contribution in [0.5, 0.6) is 0 Å². The minimum absolute atomic E-state index is 0.139. The van der Waals surface area contributed by atoms with Crippen molar-refractivity contribution >= 4 is 11.7 Å². The van der Waals surface area contributed by atoms with E-state index < -0.39 is 5.91 Å². The lowest BCUT2D eigenvalue weighted by Crippen LogP contribution is -2.34. The summed E-state index contributed by atoms with van der Waals surface area (Å²) in [5.74, 6) is 0.849. The first-order valence-electron chi connectivity index (χ1n) is 15.8. The fourth-order valence-corrected chi connectivity index (χ4v) is 6.44. The fraction of sp³-hybridized carbons (Fsp3) is 0.441. The van der Waals surface area contributed by atoms with Gasteiger partial charge in [-0.05, 0) is 105 Å². The summed E-state index contributed by atoms with van der Waals surface area (Å²) in [7, 11) is 1.81. The molecule has 3 aliphatic rings. The van der Waals surface area contributed by atoms with Crippen LogP contribution in [0.4, 0.5) is 10.2 Å². The first-order chi connectivity index (χ1) is 21.4. The highest BCUT2D eigenvalue weighted by Gasteiger charge is 2.28. The van der Waals surface area contributed by atoms with Crippen molar-refractivity contribution in [1.82, 2.24) is 29.2 Å². The van der Waals surface area contributed by atoms with Gasteiger partial charge in [0.2, 0.25) is 0 Å². The summed E-state index contributed by atoms with van der Waals surface area (Å²) >= 11 is 0. The summed E-state index contributed by atoms with van der Waals surface area (Å²) in [6, 6.07) is 10.2. The number of nitrogens with zero attached hydrogens (tertiary/aromatic N) is 6. The monoisotopic (exact) mass is 595 g/mol. The first kappa shape index (κ1) is 28.6. The van der Waals surface area contributed by atoms with Gasteiger partial charge in [0, 0.05) is 43.5 Å². The number of likely N-dealkylation sites (tertiary alicyclic amines) is 1. The standard InChI is InChI=1S/C34H38FN7O2/c1-40-21-36-39-32(40)28-17-26(35)10-11-27(28)25-15-30(24-8-9-24)37-31(16-25)38-33(43)29-14-23(18-41-12-3-2-4-13-41)20-42(34(29)44)19-22-6-5-7-22/h10-11,14-17,20-22,24H,2-9,12-13,18-19H2,1H3,(H,37,38,43). The van der Waals surface area contributed by atoms with Crippen LogP contribution in [-0.4, -0.2) is 48.2 Å². The maximum atomic E-state index is 14.4. The SMILES string of the molecule is Cn1cnnc1-c1cc(F)ccc1-c1cc(NC(=O)c2cc(CN3CCCCC3)cn(CC3CCC3)c2=O)nc(C2CC2)c1. The highest BCUT2D eigenvalue weighted by Crippen LogP contribution is 2.42. The molecule has 2 saturated carbocycles. The Kier molecular flexibility index (Phi) is 7.84. The largest absolute Gasteiger partial charge is 0.317 e. The van der Waals surface area contributed by atoms with Crippen molar-refractivity contribution in [2.24, 2.45) is 13.0 Å². The molecule has 10 heteroatoms. The molecule has 9 nitrogen and oxygen atoms in total. The number of benzene rings is 1. The predicted molar refractivity (Wildman–Crippen MR) is 167 cm³/mol. The van der Waals surface area contributed by atoms with E-state index in [0.717, 1.165) is 67.7 Å². The maximum Gasteiger partial charge on any atom is 0.263 e. The summed E-state index contributed by atoms with van der Waals surface area (Å²) in [5.41, 5.74) is 3.87. The molecule has 3 fully saturated rings. The molecule has 4 heterocycles. The molecule has 228 valence electrons. The van der Waals surface area contributed by atoms with E-state index in [1.807, 2.05) is 19.3 Å². The van der Waals surface area contributed by atoms with E-state index in [1.54, 1.807) is 33.7 Å². The second kappa shape index (κ2) is 12.1. The third-order valence-corrected chi connectivity index (χ3v) is 9.25. The van der Waals surface area contributed by atoms with Crippen LogP contribution in [0.15, 0.2) is 53.7 Å². The molecule has 7 rings (SSSR count). The summed E-state index contributed by atoms with van der Waals surface area (Å²) in [5, 5.41) is 11.2. The lowest BCUT2D eigenvalue weighted by molar-refractivity contribution is 0.102. The maximum absolute atomic E-state index is 14.4. The van der Waals surface area contributed by atoms with Gasteiger partial charge in [-0.1, -0.05) is 18.9 Å². The number of aromatic nitrogens is 5. The minimum atomic E-state index is -0.461. The van der Waals surface area contributed by atoms with Crippen molar-refractivity contribution in [3.05, 3.63) is 81.9 Å². The molecule has 1 saturated heterocycles. The Morgan fingerprint density at radius 2 is 1.82 bits per heavy atom. The van der Waals surface area contributed by atoms with Crippen LogP contribution in [-0.2, 0) is 20.1 Å². The second-order valence-corrected chi connectivity index (χ2v) is 12.7. The number of carbonyl (C=O) groups is 1. The van der Waals surface area contributed by atoms with Crippen molar-refractivity contribution in [3.63, 3.8) is 0 Å². The van der Waals surface area contributed by atoms with Crippen LogP contribution in [0.25, 0.3) is 22.5 Å². The molecule has 0 unspecified atom stereocenters. The number of piperidine rings is 1. The number of pyridine rings is 2. The zero-order valence-electron chi connectivity index (χ0n) is 25.1. The number of halogens is 1. The van der Waals surface area contributed by atoms with Gasteiger partial charge < -0.3 is 14.5 Å². The average molecular weight is 596 g/mol. The number of anilines is 1. The van der Waals surface area contributed by atoms with Gasteiger partial charge in [0.1, 0.15) is 23.5 Å². The minimum Gasteiger partial charge on any atom is -0.317 e. The summed E-state index contributed by atoms with van der Waals surface area (Å²) in [6.07, 6.45) is 12.6. The van der Waals surface area contributed by atoms with E-state index in [-0.39, 0.29) is 16.9 Å². The van der Waals surface area contributed by atoms with Gasteiger partial charge in [0.15, 0.2) is 5.82 Å². The highest BCUT2D eigenvalue weighted by atomic mass is 19.1. The quantitative estimate of drug-likeness (QED) is 0.264. The zero-order valence-corrected chi connectivity index (χ0v) is 25.1. The van der Waals surface area contributed by atoms with Crippen LogP contribution >= 0.6 is 0 Å². The van der Waals surface area contributed by atoms with Crippen LogP contribution in [0, 0.1) is 11.7 Å². The molecule has 0 bridgehead atoms. The van der Waals surface area contributed by atoms with E-state index in [1.165, 1.54) is 37.8 Å². The summed E-state index contributed by atoms with van der Waals surface area (Å²) in [4.78, 5) is 34.7. The Balaban J connectivity index is 1.23. The molecular weight excluding hydrogens is 557 g/mol. The lowest BCUT2D eigenvalue weighted by Gasteiger charge is -2.28. The Bertz CT molecular complexity index is 1750. The molecule has 1 N–H and O–H groups in total. The van der Waals surface area contributed by atoms with Crippen molar-refractivity contribution in [3.8, 4) is 22.5 Å². The second-order valence-electron chi connectivity index (χ2n) is 12.7. The van der Waals surface area contributed by atoms with Gasteiger partial charge in [-0.3, -0.25) is 14.5 Å². The molecule has 1 aliphatic heterocycles. The van der Waals surface area contributed by atoms with E-state index >= 15 is 0 Å². The third kappa shape index (κ3) is 6.08. The third-order valence-electron chi connectivity index (χ3n) is 9.25. The topological polar surface area (TPSA) is 97.9 Å². The number of hydrogen-bond acceptors (Lipinski definition) is 6. The molecule has 2 aliphatic carbocycles. The summed E-state index contributed by atoms with van der Waals surface area (Å²) < 4.78 is 17.9. The van der Waals surface area contributed by atoms with Crippen LogP contribution in [0.2, 0.25) is 0 Å². The van der Waals surface area contributed by atoms with Crippen LogP contribution < -0.4 is 10.9 Å². The van der Waals surface area contributed by atoms with E-state index in [4.69, 9.17) is 4.98 Å². The van der Waals surface area contributed by atoms with E-state index in [9.17, 15) is 14.0 Å². The summed E-state index contributed by atoms with van der Waals surface area (Å²) in [6.45, 7) is 3.43. The van der Waals surface area contributed by atoms with E-state index in [2.05, 4.69) is 20.4 Å². The number of amides is 1. The molecule has 3 aromatic heterocycles. The predicted octanol–water partition coefficient (Wildman–Crippen LogP) is 5.76. The van der Waals surface area contributed by atoms with Gasteiger partial charge in [0.05, 0.1) is 0 Å². The van der Waals surface area contributed by atoms with Crippen molar-refractivity contribution in [2.45, 2.75) is 70.4 Å². The Hall–Kier alpha value is -4.18. The van der Waals surface area contributed by atoms with Gasteiger partial charge in [-0.25, -0.2) is 9.37 Å². The van der Waals surface area contributed by atoms with Crippen molar-refractivity contribution in [1.29, 1.82) is 0 Å². The Labute approximate surface area is 256 Å². The molecule has 1 aromatic carbocycles. The number of carbonyl (C=O) groups excluding carboxylic acids is 1. The molecule has 4 aromatic rings. The van der Waals surface area contributed by atoms with Crippen molar-refractivity contribution in [2.75, 3.05) is 18.4 Å². The smallest absolute Gasteiger partial charge is 0.263 e. The van der Waals surface area contributed by atoms with Crippen molar-refractivity contribution < 1.29 is 9.18 Å². The lowest BCUT2D eigenvalue weighted by atomic mass is 9.85. The number of nitrogens with one attached hydrogen (secondary N) is 1. The molecular formula is C34H38FN7O2. The van der Waals surface area contributed by atoms with Gasteiger partial charge in [-0.2, -0.15) is 0 Å². The molecule has 44 heavy (non-hydrogen) atoms. The normalized spacial score (nSPS) is 17.4. The molecule has 0 radical (unpaired) electrons. The Morgan fingerprint density at radius 1 is 1.00 bits per heavy atom. The van der Waals surface area contributed by atoms with Crippen LogP contribution in [0.1, 0.15) is 78.9 Å². The fourth-order valence-electron chi connectivity index (χ4n) is 6.44. The van der Waals surface area contributed by atoms with Gasteiger partial charge in [0.25, 0.3) is 11.5 Å². The number of hydrogen-bond donors (Lipinski definition) is 1. The number of rotatable bonds is 9. The van der Waals surface area contributed by atoms with Gasteiger partial charge >= 0.3 is 0 Å². The molecule has 0 spiro atoms. The van der Waals surface area contributed by atoms with Gasteiger partial charge in [-0.15, -0.1) is 10.2 Å². The van der Waals surface area contributed by atoms with Crippen LogP contribution in [0.3, 0.4) is 0 Å². The first-order valence-corrected chi connectivity index (χ1v) is 15.8. The molecule has 0 atom stereocenters. The highest BCUT2D eigenvalue weighted by molar-refractivity contribution is 6.04. The Morgan fingerprint density at radius 3 is 2.52 bits per heavy atom.